The predicted molar refractivity (Wildman–Crippen MR) is 143 cm³/mol. The molecule has 9 heteroatoms. The highest BCUT2D eigenvalue weighted by Gasteiger charge is 2.43. The molecule has 2 N–H and O–H groups in total. The van der Waals surface area contributed by atoms with Gasteiger partial charge in [-0.1, -0.05) is 24.3 Å². The molecule has 0 fully saturated rings. The Bertz CT molecular complexity index is 1460. The molecular weight excluding hydrogens is 504 g/mol. The van der Waals surface area contributed by atoms with Crippen LogP contribution in [0.25, 0.3) is 12.2 Å². The summed E-state index contributed by atoms with van der Waals surface area (Å²) in [7, 11) is 4.28. The molecular formula is C30H28O9. The molecule has 0 saturated carbocycles. The van der Waals surface area contributed by atoms with Crippen LogP contribution in [0.1, 0.15) is 41.2 Å². The quantitative estimate of drug-likeness (QED) is 0.175. The molecule has 9 nitrogen and oxygen atoms in total. The number of carbonyl (C=O) groups excluding carboxylic acids is 2. The number of esters is 2. The fraction of sp³-hybridized carbons (Fsp3) is 0.200. The standard InChI is InChI=1S/C30H28O9/c1-5-6-18-13-20-27(30(34)37-4)28(39-29(20)25(15-18)36-3)19-9-11-23(24(16-19)35-2)38-26(33)12-8-17-7-10-21(31)22(32)14-17/h5-16,27-28,31-32H,1-4H3/b6-5+,12-8+/t27-,28+/m1/s1. The summed E-state index contributed by atoms with van der Waals surface area (Å²) in [6.45, 7) is 1.89. The Hall–Kier alpha value is -4.92. The van der Waals surface area contributed by atoms with E-state index in [1.54, 1.807) is 18.2 Å². The van der Waals surface area contributed by atoms with Crippen molar-refractivity contribution in [3.8, 4) is 34.5 Å². The molecule has 0 radical (unpaired) electrons. The molecule has 1 aliphatic rings. The second-order valence-electron chi connectivity index (χ2n) is 8.59. The van der Waals surface area contributed by atoms with Gasteiger partial charge >= 0.3 is 11.9 Å². The van der Waals surface area contributed by atoms with Crippen molar-refractivity contribution in [1.82, 2.24) is 0 Å². The number of methoxy groups -OCH3 is 3. The van der Waals surface area contributed by atoms with Gasteiger partial charge in [-0.15, -0.1) is 0 Å². The van der Waals surface area contributed by atoms with E-state index in [0.717, 1.165) is 5.56 Å². The van der Waals surface area contributed by atoms with Crippen LogP contribution in [0.3, 0.4) is 0 Å². The summed E-state index contributed by atoms with van der Waals surface area (Å²) in [5, 5.41) is 19.0. The van der Waals surface area contributed by atoms with Crippen molar-refractivity contribution < 1.29 is 43.5 Å². The number of benzene rings is 3. The van der Waals surface area contributed by atoms with Crippen molar-refractivity contribution in [3.05, 3.63) is 82.9 Å². The van der Waals surface area contributed by atoms with Gasteiger partial charge in [0.25, 0.3) is 0 Å². The van der Waals surface area contributed by atoms with Crippen molar-refractivity contribution >= 4 is 24.1 Å². The van der Waals surface area contributed by atoms with E-state index in [0.29, 0.717) is 28.2 Å². The number of phenolic OH excluding ortho intramolecular Hbond substituents is 2. The number of phenols is 2. The first kappa shape index (κ1) is 27.1. The molecule has 39 heavy (non-hydrogen) atoms. The average Bonchev–Trinajstić information content (AvgIpc) is 3.32. The Morgan fingerprint density at radius 1 is 0.846 bits per heavy atom. The molecule has 1 aliphatic heterocycles. The summed E-state index contributed by atoms with van der Waals surface area (Å²) in [5.41, 5.74) is 2.58. The van der Waals surface area contributed by atoms with Gasteiger partial charge in [-0.05, 0) is 66.1 Å². The van der Waals surface area contributed by atoms with E-state index in [1.165, 1.54) is 51.7 Å². The van der Waals surface area contributed by atoms with E-state index in [2.05, 4.69) is 0 Å². The molecule has 4 rings (SSSR count). The van der Waals surface area contributed by atoms with Crippen molar-refractivity contribution in [2.45, 2.75) is 18.9 Å². The molecule has 2 atom stereocenters. The van der Waals surface area contributed by atoms with Gasteiger partial charge in [-0.2, -0.15) is 0 Å². The van der Waals surface area contributed by atoms with Gasteiger partial charge in [0.2, 0.25) is 0 Å². The van der Waals surface area contributed by atoms with Gasteiger partial charge in [0, 0.05) is 11.6 Å². The molecule has 0 saturated heterocycles. The van der Waals surface area contributed by atoms with Crippen molar-refractivity contribution in [3.63, 3.8) is 0 Å². The zero-order valence-electron chi connectivity index (χ0n) is 21.8. The minimum atomic E-state index is -0.771. The van der Waals surface area contributed by atoms with Crippen molar-refractivity contribution in [2.24, 2.45) is 0 Å². The summed E-state index contributed by atoms with van der Waals surface area (Å²) in [6, 6.07) is 12.7. The fourth-order valence-electron chi connectivity index (χ4n) is 4.34. The van der Waals surface area contributed by atoms with Crippen LogP contribution in [0.15, 0.2) is 60.7 Å². The smallest absolute Gasteiger partial charge is 0.336 e. The lowest BCUT2D eigenvalue weighted by atomic mass is 9.90. The average molecular weight is 533 g/mol. The minimum Gasteiger partial charge on any atom is -0.504 e. The topological polar surface area (TPSA) is 121 Å². The number of allylic oxidation sites excluding steroid dienone is 1. The highest BCUT2D eigenvalue weighted by molar-refractivity contribution is 5.89. The molecule has 3 aromatic carbocycles. The number of ether oxygens (including phenoxy) is 5. The van der Waals surface area contributed by atoms with Gasteiger partial charge in [0.05, 0.1) is 21.3 Å². The zero-order valence-corrected chi connectivity index (χ0v) is 21.8. The SMILES string of the molecule is C/C=C/c1cc(OC)c2c(c1)[C@@H](C(=O)OC)[C@H](c1ccc(OC(=O)/C=C/c3ccc(O)c(O)c3)c(OC)c1)O2. The molecule has 0 bridgehead atoms. The van der Waals surface area contributed by atoms with Crippen LogP contribution >= 0.6 is 0 Å². The summed E-state index contributed by atoms with van der Waals surface area (Å²) in [6.07, 6.45) is 5.65. The first-order valence-electron chi connectivity index (χ1n) is 12.0. The second kappa shape index (κ2) is 11.6. The Morgan fingerprint density at radius 2 is 1.62 bits per heavy atom. The third-order valence-corrected chi connectivity index (χ3v) is 6.16. The molecule has 0 aliphatic carbocycles. The van der Waals surface area contributed by atoms with Crippen LogP contribution in [-0.2, 0) is 14.3 Å². The lowest BCUT2D eigenvalue weighted by Crippen LogP contribution is -2.20. The van der Waals surface area contributed by atoms with Crippen LogP contribution in [0, 0.1) is 0 Å². The maximum absolute atomic E-state index is 12.9. The first-order chi connectivity index (χ1) is 18.8. The summed E-state index contributed by atoms with van der Waals surface area (Å²) in [4.78, 5) is 25.4. The first-order valence-corrected chi connectivity index (χ1v) is 12.0. The Labute approximate surface area is 225 Å². The predicted octanol–water partition coefficient (Wildman–Crippen LogP) is 5.16. The second-order valence-corrected chi connectivity index (χ2v) is 8.59. The summed E-state index contributed by atoms with van der Waals surface area (Å²) >= 11 is 0. The van der Waals surface area contributed by atoms with E-state index in [-0.39, 0.29) is 23.0 Å². The zero-order chi connectivity index (χ0) is 28.1. The van der Waals surface area contributed by atoms with E-state index >= 15 is 0 Å². The Balaban J connectivity index is 1.62. The summed E-state index contributed by atoms with van der Waals surface area (Å²) < 4.78 is 27.8. The van der Waals surface area contributed by atoms with Crippen LogP contribution in [0.2, 0.25) is 0 Å². The Morgan fingerprint density at radius 3 is 2.28 bits per heavy atom. The van der Waals surface area contributed by atoms with E-state index < -0.39 is 24.0 Å². The molecule has 0 unspecified atom stereocenters. The Kier molecular flexibility index (Phi) is 8.10. The van der Waals surface area contributed by atoms with Gasteiger partial charge in [0.15, 0.2) is 34.5 Å². The molecule has 202 valence electrons. The molecule has 0 aromatic heterocycles. The third kappa shape index (κ3) is 5.67. The number of hydrogen-bond acceptors (Lipinski definition) is 9. The highest BCUT2D eigenvalue weighted by Crippen LogP contribution is 2.52. The minimum absolute atomic E-state index is 0.155. The molecule has 1 heterocycles. The monoisotopic (exact) mass is 532 g/mol. The van der Waals surface area contributed by atoms with Gasteiger partial charge in [-0.3, -0.25) is 4.79 Å². The van der Waals surface area contributed by atoms with Gasteiger partial charge < -0.3 is 33.9 Å². The lowest BCUT2D eigenvalue weighted by molar-refractivity contribution is -0.144. The van der Waals surface area contributed by atoms with E-state index in [9.17, 15) is 19.8 Å². The van der Waals surface area contributed by atoms with Gasteiger partial charge in [0.1, 0.15) is 12.0 Å². The van der Waals surface area contributed by atoms with E-state index in [1.807, 2.05) is 31.2 Å². The summed E-state index contributed by atoms with van der Waals surface area (Å²) in [5.74, 6) is -1.16. The number of aromatic hydroxyl groups is 2. The maximum Gasteiger partial charge on any atom is 0.336 e. The van der Waals surface area contributed by atoms with E-state index in [4.69, 9.17) is 23.7 Å². The van der Waals surface area contributed by atoms with Crippen LogP contribution in [-0.4, -0.2) is 43.5 Å². The van der Waals surface area contributed by atoms with Gasteiger partial charge in [-0.25, -0.2) is 4.79 Å². The lowest BCUT2D eigenvalue weighted by Gasteiger charge is -2.19. The third-order valence-electron chi connectivity index (χ3n) is 6.16. The van der Waals surface area contributed by atoms with Crippen LogP contribution in [0.4, 0.5) is 0 Å². The largest absolute Gasteiger partial charge is 0.504 e. The normalized spacial score (nSPS) is 16.1. The molecule has 3 aromatic rings. The maximum atomic E-state index is 12.9. The molecule has 0 spiro atoms. The van der Waals surface area contributed by atoms with Crippen LogP contribution < -0.4 is 18.9 Å². The number of rotatable bonds is 8. The van der Waals surface area contributed by atoms with Crippen LogP contribution in [0.5, 0.6) is 34.5 Å². The van der Waals surface area contributed by atoms with Crippen molar-refractivity contribution in [1.29, 1.82) is 0 Å². The molecule has 0 amide bonds. The number of hydrogen-bond donors (Lipinski definition) is 2. The number of fused-ring (bicyclic) bond motifs is 1. The highest BCUT2D eigenvalue weighted by atomic mass is 16.6. The van der Waals surface area contributed by atoms with Crippen molar-refractivity contribution in [2.75, 3.05) is 21.3 Å². The fourth-order valence-corrected chi connectivity index (χ4v) is 4.34. The number of carbonyl (C=O) groups is 2.